The fraction of sp³-hybridized carbons (Fsp3) is 0.889. The Morgan fingerprint density at radius 1 is 1.29 bits per heavy atom. The Hall–Kier alpha value is -0.650. The first-order valence-corrected chi connectivity index (χ1v) is 4.80. The van der Waals surface area contributed by atoms with Gasteiger partial charge in [-0.1, -0.05) is 0 Å². The van der Waals surface area contributed by atoms with Crippen LogP contribution in [-0.4, -0.2) is 43.3 Å². The maximum Gasteiger partial charge on any atom is 0.190 e. The van der Waals surface area contributed by atoms with E-state index in [1.54, 1.807) is 0 Å². The monoisotopic (exact) mass is 199 g/mol. The number of aliphatic imine (C=N–C) groups is 1. The van der Waals surface area contributed by atoms with Crippen molar-refractivity contribution in [3.8, 4) is 0 Å². The third-order valence-corrected chi connectivity index (χ3v) is 2.68. The van der Waals surface area contributed by atoms with Crippen LogP contribution in [0.3, 0.4) is 0 Å². The van der Waals surface area contributed by atoms with E-state index in [9.17, 15) is 0 Å². The summed E-state index contributed by atoms with van der Waals surface area (Å²) in [7, 11) is 0. The van der Waals surface area contributed by atoms with Crippen molar-refractivity contribution in [1.29, 1.82) is 0 Å². The van der Waals surface area contributed by atoms with E-state index in [-0.39, 0.29) is 24.5 Å². The second-order valence-corrected chi connectivity index (χ2v) is 4.22. The second-order valence-electron chi connectivity index (χ2n) is 4.22. The maximum absolute atomic E-state index is 5.76. The van der Waals surface area contributed by atoms with Gasteiger partial charge in [-0.15, -0.1) is 0 Å². The van der Waals surface area contributed by atoms with Crippen LogP contribution in [0.2, 0.25) is 0 Å². The molecule has 0 aromatic carbocycles. The van der Waals surface area contributed by atoms with Crippen LogP contribution in [-0.2, 0) is 18.9 Å². The molecule has 3 aliphatic rings. The number of fused-ring (bicyclic) bond motifs is 3. The Morgan fingerprint density at radius 3 is 3.00 bits per heavy atom. The lowest BCUT2D eigenvalue weighted by molar-refractivity contribution is -0.152. The van der Waals surface area contributed by atoms with E-state index in [0.29, 0.717) is 6.61 Å². The van der Waals surface area contributed by atoms with Crippen LogP contribution in [0, 0.1) is 0 Å². The van der Waals surface area contributed by atoms with Gasteiger partial charge in [0.25, 0.3) is 0 Å². The summed E-state index contributed by atoms with van der Waals surface area (Å²) >= 11 is 0. The van der Waals surface area contributed by atoms with Gasteiger partial charge in [0.1, 0.15) is 12.2 Å². The maximum atomic E-state index is 5.76. The Kier molecular flexibility index (Phi) is 1.66. The summed E-state index contributed by atoms with van der Waals surface area (Å²) in [6.07, 6.45) is 0.982. The van der Waals surface area contributed by atoms with Gasteiger partial charge in [-0.3, -0.25) is 0 Å². The molecule has 0 saturated carbocycles. The molecule has 0 amide bonds. The second kappa shape index (κ2) is 2.68. The molecule has 4 atom stereocenters. The Balaban J connectivity index is 1.82. The SMILES string of the molecule is CC1(C)O[C@H]2[C@@H]3OC=N[C@H]3OC[C@H]2O1. The van der Waals surface area contributed by atoms with E-state index in [1.165, 1.54) is 6.40 Å². The first-order chi connectivity index (χ1) is 6.66. The number of rotatable bonds is 0. The quantitative estimate of drug-likeness (QED) is 0.562. The summed E-state index contributed by atoms with van der Waals surface area (Å²) in [6, 6.07) is 0. The average molecular weight is 199 g/mol. The van der Waals surface area contributed by atoms with Crippen molar-refractivity contribution in [2.75, 3.05) is 6.61 Å². The molecule has 0 radical (unpaired) electrons. The molecule has 0 unspecified atom stereocenters. The number of hydrogen-bond donors (Lipinski definition) is 0. The highest BCUT2D eigenvalue weighted by atomic mass is 16.8. The fourth-order valence-corrected chi connectivity index (χ4v) is 2.16. The van der Waals surface area contributed by atoms with E-state index in [1.807, 2.05) is 13.8 Å². The van der Waals surface area contributed by atoms with Gasteiger partial charge in [0.05, 0.1) is 6.61 Å². The molecule has 78 valence electrons. The molecule has 3 aliphatic heterocycles. The summed E-state index contributed by atoms with van der Waals surface area (Å²) in [5.41, 5.74) is 0. The Labute approximate surface area is 82.0 Å². The van der Waals surface area contributed by atoms with Crippen molar-refractivity contribution in [3.63, 3.8) is 0 Å². The van der Waals surface area contributed by atoms with E-state index in [2.05, 4.69) is 4.99 Å². The van der Waals surface area contributed by atoms with Gasteiger partial charge >= 0.3 is 0 Å². The first-order valence-electron chi connectivity index (χ1n) is 4.80. The third kappa shape index (κ3) is 1.16. The Bertz CT molecular complexity index is 278. The van der Waals surface area contributed by atoms with Gasteiger partial charge in [-0.2, -0.15) is 0 Å². The summed E-state index contributed by atoms with van der Waals surface area (Å²) in [6.45, 7) is 4.32. The lowest BCUT2D eigenvalue weighted by Gasteiger charge is -2.30. The molecule has 2 saturated heterocycles. The normalized spacial score (nSPS) is 48.4. The molecule has 3 rings (SSSR count). The van der Waals surface area contributed by atoms with Crippen LogP contribution in [0.25, 0.3) is 0 Å². The predicted octanol–water partition coefficient (Wildman–Crippen LogP) is 0.290. The number of nitrogens with zero attached hydrogens (tertiary/aromatic N) is 1. The molecule has 5 heteroatoms. The van der Waals surface area contributed by atoms with Gasteiger partial charge in [0, 0.05) is 0 Å². The Morgan fingerprint density at radius 2 is 2.14 bits per heavy atom. The van der Waals surface area contributed by atoms with Gasteiger partial charge in [-0.05, 0) is 13.8 Å². The molecule has 0 N–H and O–H groups in total. The topological polar surface area (TPSA) is 49.3 Å². The summed E-state index contributed by atoms with van der Waals surface area (Å²) in [5, 5.41) is 0. The van der Waals surface area contributed by atoms with E-state index in [0.717, 1.165) is 0 Å². The van der Waals surface area contributed by atoms with Crippen molar-refractivity contribution in [2.24, 2.45) is 4.99 Å². The summed E-state index contributed by atoms with van der Waals surface area (Å²) < 4.78 is 22.3. The molecule has 3 heterocycles. The van der Waals surface area contributed by atoms with Crippen LogP contribution in [0.1, 0.15) is 13.8 Å². The lowest BCUT2D eigenvalue weighted by Crippen LogP contribution is -2.49. The minimum atomic E-state index is -0.542. The molecule has 14 heavy (non-hydrogen) atoms. The highest BCUT2D eigenvalue weighted by Gasteiger charge is 2.53. The molecular formula is C9H13NO4. The largest absolute Gasteiger partial charge is 0.473 e. The van der Waals surface area contributed by atoms with Gasteiger partial charge in [-0.25, -0.2) is 4.99 Å². The third-order valence-electron chi connectivity index (χ3n) is 2.68. The van der Waals surface area contributed by atoms with Crippen molar-refractivity contribution >= 4 is 6.40 Å². The van der Waals surface area contributed by atoms with Crippen LogP contribution < -0.4 is 0 Å². The highest BCUT2D eigenvalue weighted by Crippen LogP contribution is 2.36. The van der Waals surface area contributed by atoms with Crippen molar-refractivity contribution in [2.45, 2.75) is 44.2 Å². The number of hydrogen-bond acceptors (Lipinski definition) is 5. The smallest absolute Gasteiger partial charge is 0.190 e. The van der Waals surface area contributed by atoms with E-state index >= 15 is 0 Å². The van der Waals surface area contributed by atoms with Crippen molar-refractivity contribution in [1.82, 2.24) is 0 Å². The fourth-order valence-electron chi connectivity index (χ4n) is 2.16. The average Bonchev–Trinajstić information content (AvgIpc) is 2.64. The van der Waals surface area contributed by atoms with Crippen molar-refractivity contribution in [3.05, 3.63) is 0 Å². The molecule has 0 aromatic rings. The molecule has 0 aromatic heterocycles. The molecule has 0 spiro atoms. The molecular weight excluding hydrogens is 186 g/mol. The zero-order valence-corrected chi connectivity index (χ0v) is 8.17. The van der Waals surface area contributed by atoms with Crippen LogP contribution >= 0.6 is 0 Å². The molecule has 2 fully saturated rings. The minimum absolute atomic E-state index is 0.0343. The molecule has 0 bridgehead atoms. The van der Waals surface area contributed by atoms with Crippen LogP contribution in [0.5, 0.6) is 0 Å². The van der Waals surface area contributed by atoms with E-state index in [4.69, 9.17) is 18.9 Å². The molecule has 5 nitrogen and oxygen atoms in total. The predicted molar refractivity (Wildman–Crippen MR) is 46.9 cm³/mol. The lowest BCUT2D eigenvalue weighted by atomic mass is 10.1. The van der Waals surface area contributed by atoms with Crippen molar-refractivity contribution < 1.29 is 18.9 Å². The zero-order chi connectivity index (χ0) is 9.76. The minimum Gasteiger partial charge on any atom is -0.473 e. The standard InChI is InChI=1S/C9H13NO4/c1-9(2)13-5-3-11-8-7(6(5)14-9)12-4-10-8/h4-8H,3H2,1-2H3/t5-,6-,7+,8+/m1/s1. The van der Waals surface area contributed by atoms with E-state index < -0.39 is 5.79 Å². The van der Waals surface area contributed by atoms with Gasteiger partial charge in [0.2, 0.25) is 0 Å². The summed E-state index contributed by atoms with van der Waals surface area (Å²) in [5.74, 6) is -0.542. The van der Waals surface area contributed by atoms with Crippen LogP contribution in [0.4, 0.5) is 0 Å². The number of ether oxygens (including phenoxy) is 4. The highest BCUT2D eigenvalue weighted by molar-refractivity contribution is 5.50. The zero-order valence-electron chi connectivity index (χ0n) is 8.17. The van der Waals surface area contributed by atoms with Gasteiger partial charge < -0.3 is 18.9 Å². The molecule has 0 aliphatic carbocycles. The van der Waals surface area contributed by atoms with Gasteiger partial charge in [0.15, 0.2) is 24.5 Å². The first kappa shape index (κ1) is 8.64. The van der Waals surface area contributed by atoms with Crippen LogP contribution in [0.15, 0.2) is 4.99 Å². The summed E-state index contributed by atoms with van der Waals surface area (Å²) in [4.78, 5) is 4.06.